The zero-order valence-electron chi connectivity index (χ0n) is 9.25. The minimum Gasteiger partial charge on any atom is -0.390 e. The lowest BCUT2D eigenvalue weighted by molar-refractivity contribution is 0.0374. The number of hydrogen-bond donors (Lipinski definition) is 1. The van der Waals surface area contributed by atoms with E-state index < -0.39 is 6.10 Å². The van der Waals surface area contributed by atoms with E-state index in [4.69, 9.17) is 27.9 Å². The van der Waals surface area contributed by atoms with Crippen molar-refractivity contribution in [2.45, 2.75) is 25.9 Å². The molecule has 0 aliphatic heterocycles. The Balaban J connectivity index is 2.46. The molecule has 1 unspecified atom stereocenters. The summed E-state index contributed by atoms with van der Waals surface area (Å²) in [7, 11) is 0. The van der Waals surface area contributed by atoms with Crippen LogP contribution >= 0.6 is 23.2 Å². The number of ether oxygens (including phenoxy) is 1. The molecular weight excluding hydrogens is 247 g/mol. The molecule has 0 spiro atoms. The van der Waals surface area contributed by atoms with Crippen molar-refractivity contribution in [3.05, 3.63) is 33.8 Å². The van der Waals surface area contributed by atoms with E-state index in [0.29, 0.717) is 29.7 Å². The lowest BCUT2D eigenvalue weighted by Crippen LogP contribution is -2.18. The lowest BCUT2D eigenvalue weighted by Gasteiger charge is -2.12. The minimum absolute atomic E-state index is 0.340. The van der Waals surface area contributed by atoms with Crippen LogP contribution < -0.4 is 0 Å². The molecule has 1 N–H and O–H groups in total. The van der Waals surface area contributed by atoms with Gasteiger partial charge in [0, 0.05) is 23.1 Å². The van der Waals surface area contributed by atoms with Crippen LogP contribution in [0, 0.1) is 0 Å². The molecule has 0 bridgehead atoms. The maximum absolute atomic E-state index is 9.71. The zero-order valence-corrected chi connectivity index (χ0v) is 10.8. The van der Waals surface area contributed by atoms with Gasteiger partial charge in [-0.1, -0.05) is 36.2 Å². The lowest BCUT2D eigenvalue weighted by atomic mass is 10.1. The van der Waals surface area contributed by atoms with E-state index in [-0.39, 0.29) is 0 Å². The van der Waals surface area contributed by atoms with Gasteiger partial charge >= 0.3 is 0 Å². The molecule has 0 radical (unpaired) electrons. The predicted octanol–water partition coefficient (Wildman–Crippen LogP) is 3.32. The van der Waals surface area contributed by atoms with Crippen LogP contribution in [0.2, 0.25) is 10.0 Å². The maximum atomic E-state index is 9.71. The molecule has 1 rings (SSSR count). The zero-order chi connectivity index (χ0) is 12.0. The van der Waals surface area contributed by atoms with Gasteiger partial charge < -0.3 is 9.84 Å². The van der Waals surface area contributed by atoms with Crippen LogP contribution in [0.5, 0.6) is 0 Å². The summed E-state index contributed by atoms with van der Waals surface area (Å²) in [4.78, 5) is 0. The molecule has 1 aromatic rings. The summed E-state index contributed by atoms with van der Waals surface area (Å²) in [6, 6.07) is 5.27. The third-order valence-corrected chi connectivity index (χ3v) is 2.72. The molecule has 0 fully saturated rings. The van der Waals surface area contributed by atoms with Crippen LogP contribution in [0.1, 0.15) is 18.9 Å². The van der Waals surface area contributed by atoms with Crippen molar-refractivity contribution in [2.24, 2.45) is 0 Å². The van der Waals surface area contributed by atoms with Crippen LogP contribution in [-0.4, -0.2) is 24.4 Å². The number of hydrogen-bond acceptors (Lipinski definition) is 2. The van der Waals surface area contributed by atoms with Gasteiger partial charge in [0.05, 0.1) is 12.7 Å². The van der Waals surface area contributed by atoms with Crippen LogP contribution in [0.4, 0.5) is 0 Å². The minimum atomic E-state index is -0.523. The van der Waals surface area contributed by atoms with Crippen LogP contribution in [0.25, 0.3) is 0 Å². The highest BCUT2D eigenvalue weighted by atomic mass is 35.5. The van der Waals surface area contributed by atoms with Gasteiger partial charge in [-0.15, -0.1) is 0 Å². The summed E-state index contributed by atoms with van der Waals surface area (Å²) in [5.41, 5.74) is 0.888. The standard InChI is InChI=1S/C12H16Cl2O2/c1-2-5-16-8-11(15)6-9-3-4-10(13)7-12(9)14/h3-4,7,11,15H,2,5-6,8H2,1H3. The molecule has 0 heterocycles. The molecular formula is C12H16Cl2O2. The molecule has 0 saturated carbocycles. The van der Waals surface area contributed by atoms with Crippen molar-refractivity contribution in [3.63, 3.8) is 0 Å². The Bertz CT molecular complexity index is 329. The van der Waals surface area contributed by atoms with E-state index in [0.717, 1.165) is 12.0 Å². The highest BCUT2D eigenvalue weighted by Gasteiger charge is 2.08. The fraction of sp³-hybridized carbons (Fsp3) is 0.500. The Labute approximate surface area is 106 Å². The number of aliphatic hydroxyl groups is 1. The fourth-order valence-corrected chi connectivity index (χ4v) is 1.85. The molecule has 90 valence electrons. The number of rotatable bonds is 6. The largest absolute Gasteiger partial charge is 0.390 e. The van der Waals surface area contributed by atoms with Crippen LogP contribution in [0.3, 0.4) is 0 Å². The molecule has 2 nitrogen and oxygen atoms in total. The molecule has 4 heteroatoms. The van der Waals surface area contributed by atoms with Crippen molar-refractivity contribution < 1.29 is 9.84 Å². The highest BCUT2D eigenvalue weighted by molar-refractivity contribution is 6.35. The molecule has 0 aromatic heterocycles. The van der Waals surface area contributed by atoms with E-state index in [9.17, 15) is 5.11 Å². The normalized spacial score (nSPS) is 12.8. The Morgan fingerprint density at radius 2 is 2.12 bits per heavy atom. The van der Waals surface area contributed by atoms with E-state index in [1.807, 2.05) is 13.0 Å². The number of benzene rings is 1. The average Bonchev–Trinajstić information content (AvgIpc) is 2.23. The number of aliphatic hydroxyl groups excluding tert-OH is 1. The van der Waals surface area contributed by atoms with Crippen molar-refractivity contribution in [1.29, 1.82) is 0 Å². The monoisotopic (exact) mass is 262 g/mol. The third-order valence-electron chi connectivity index (χ3n) is 2.13. The SMILES string of the molecule is CCCOCC(O)Cc1ccc(Cl)cc1Cl. The van der Waals surface area contributed by atoms with Crippen molar-refractivity contribution in [1.82, 2.24) is 0 Å². The van der Waals surface area contributed by atoms with Crippen LogP contribution in [0.15, 0.2) is 18.2 Å². The molecule has 0 aliphatic rings. The smallest absolute Gasteiger partial charge is 0.0814 e. The second-order valence-corrected chi connectivity index (χ2v) is 4.51. The first-order valence-electron chi connectivity index (χ1n) is 5.33. The van der Waals surface area contributed by atoms with Crippen molar-refractivity contribution >= 4 is 23.2 Å². The quantitative estimate of drug-likeness (QED) is 0.798. The highest BCUT2D eigenvalue weighted by Crippen LogP contribution is 2.22. The summed E-state index contributed by atoms with van der Waals surface area (Å²) >= 11 is 11.8. The summed E-state index contributed by atoms with van der Waals surface area (Å²) in [5, 5.41) is 10.9. The second-order valence-electron chi connectivity index (χ2n) is 3.67. The van der Waals surface area contributed by atoms with Gasteiger partial charge in [-0.3, -0.25) is 0 Å². The van der Waals surface area contributed by atoms with E-state index in [1.54, 1.807) is 12.1 Å². The summed E-state index contributed by atoms with van der Waals surface area (Å²) in [6.45, 7) is 3.04. The van der Waals surface area contributed by atoms with E-state index in [2.05, 4.69) is 0 Å². The van der Waals surface area contributed by atoms with E-state index >= 15 is 0 Å². The Morgan fingerprint density at radius 1 is 1.38 bits per heavy atom. The topological polar surface area (TPSA) is 29.5 Å². The van der Waals surface area contributed by atoms with Crippen LogP contribution in [-0.2, 0) is 11.2 Å². The molecule has 0 amide bonds. The van der Waals surface area contributed by atoms with Gasteiger partial charge in [0.25, 0.3) is 0 Å². The third kappa shape index (κ3) is 4.71. The van der Waals surface area contributed by atoms with Gasteiger partial charge in [-0.2, -0.15) is 0 Å². The van der Waals surface area contributed by atoms with Gasteiger partial charge in [0.2, 0.25) is 0 Å². The summed E-state index contributed by atoms with van der Waals surface area (Å²) < 4.78 is 5.26. The first kappa shape index (κ1) is 13.8. The van der Waals surface area contributed by atoms with Crippen molar-refractivity contribution in [2.75, 3.05) is 13.2 Å². The predicted molar refractivity (Wildman–Crippen MR) is 67.3 cm³/mol. The van der Waals surface area contributed by atoms with Gasteiger partial charge in [0.15, 0.2) is 0 Å². The fourth-order valence-electron chi connectivity index (χ4n) is 1.36. The molecule has 1 aromatic carbocycles. The maximum Gasteiger partial charge on any atom is 0.0814 e. The first-order valence-corrected chi connectivity index (χ1v) is 6.08. The Morgan fingerprint density at radius 3 is 2.75 bits per heavy atom. The molecule has 0 aliphatic carbocycles. The van der Waals surface area contributed by atoms with E-state index in [1.165, 1.54) is 0 Å². The van der Waals surface area contributed by atoms with Gasteiger partial charge in [-0.25, -0.2) is 0 Å². The average molecular weight is 263 g/mol. The molecule has 0 saturated heterocycles. The van der Waals surface area contributed by atoms with Gasteiger partial charge in [0.1, 0.15) is 0 Å². The first-order chi connectivity index (χ1) is 7.63. The summed E-state index contributed by atoms with van der Waals surface area (Å²) in [5.74, 6) is 0. The molecule has 1 atom stereocenters. The Kier molecular flexibility index (Phi) is 6.14. The molecule has 16 heavy (non-hydrogen) atoms. The van der Waals surface area contributed by atoms with Gasteiger partial charge in [-0.05, 0) is 24.1 Å². The van der Waals surface area contributed by atoms with Crippen molar-refractivity contribution in [3.8, 4) is 0 Å². The number of halogens is 2. The summed E-state index contributed by atoms with van der Waals surface area (Å²) in [6.07, 6.45) is 0.916. The second kappa shape index (κ2) is 7.13. The Hall–Kier alpha value is -0.280.